The van der Waals surface area contributed by atoms with Crippen molar-refractivity contribution in [3.05, 3.63) is 66.2 Å². The van der Waals surface area contributed by atoms with Crippen molar-refractivity contribution in [2.45, 2.75) is 19.3 Å². The van der Waals surface area contributed by atoms with E-state index in [2.05, 4.69) is 21.2 Å². The predicted octanol–water partition coefficient (Wildman–Crippen LogP) is 3.93. The smallest absolute Gasteiger partial charge is 0.229 e. The highest BCUT2D eigenvalue weighted by Gasteiger charge is 2.25. The normalized spacial score (nSPS) is 15.5. The molecule has 156 valence electrons. The van der Waals surface area contributed by atoms with Crippen molar-refractivity contribution in [2.24, 2.45) is 0 Å². The Morgan fingerprint density at radius 1 is 1.03 bits per heavy atom. The van der Waals surface area contributed by atoms with E-state index in [0.29, 0.717) is 6.54 Å². The number of carbonyl (C=O) groups is 1. The molecular weight excluding hydrogens is 376 g/mol. The maximum atomic E-state index is 13.0. The minimum atomic E-state index is -0.121. The highest BCUT2D eigenvalue weighted by Crippen LogP contribution is 2.25. The number of aromatic amines is 1. The summed E-state index contributed by atoms with van der Waals surface area (Å²) >= 11 is 0. The van der Waals surface area contributed by atoms with Crippen LogP contribution in [0, 0.1) is 0 Å². The van der Waals surface area contributed by atoms with Gasteiger partial charge in [-0.1, -0.05) is 30.3 Å². The maximum absolute atomic E-state index is 13.0. The predicted molar refractivity (Wildman–Crippen MR) is 119 cm³/mol. The molecule has 1 fully saturated rings. The van der Waals surface area contributed by atoms with Crippen molar-refractivity contribution in [3.63, 3.8) is 0 Å². The van der Waals surface area contributed by atoms with E-state index in [1.807, 2.05) is 66.4 Å². The molecule has 1 aromatic heterocycles. The molecule has 6 heteroatoms. The van der Waals surface area contributed by atoms with Crippen LogP contribution in [0.15, 0.2) is 60.7 Å². The summed E-state index contributed by atoms with van der Waals surface area (Å²) in [7, 11) is 1.66. The van der Waals surface area contributed by atoms with Gasteiger partial charge in [-0.15, -0.1) is 0 Å². The summed E-state index contributed by atoms with van der Waals surface area (Å²) in [5.41, 5.74) is 3.11. The monoisotopic (exact) mass is 404 g/mol. The van der Waals surface area contributed by atoms with Crippen LogP contribution < -0.4 is 9.64 Å². The zero-order valence-electron chi connectivity index (χ0n) is 17.5. The van der Waals surface area contributed by atoms with Crippen molar-refractivity contribution in [3.8, 4) is 17.0 Å². The molecule has 0 saturated carbocycles. The number of ether oxygens (including phenoxy) is 1. The summed E-state index contributed by atoms with van der Waals surface area (Å²) in [5.74, 6) is 1.83. The first-order valence-corrected chi connectivity index (χ1v) is 10.4. The number of amides is 1. The van der Waals surface area contributed by atoms with Gasteiger partial charge in [0, 0.05) is 32.2 Å². The Balaban J connectivity index is 1.41. The van der Waals surface area contributed by atoms with Gasteiger partial charge in [-0.25, -0.2) is 0 Å². The van der Waals surface area contributed by atoms with Crippen LogP contribution in [-0.4, -0.2) is 54.3 Å². The molecule has 1 amide bonds. The summed E-state index contributed by atoms with van der Waals surface area (Å²) < 4.78 is 5.23. The molecule has 1 N–H and O–H groups in total. The van der Waals surface area contributed by atoms with Gasteiger partial charge in [0.15, 0.2) is 5.82 Å². The second-order valence-corrected chi connectivity index (χ2v) is 7.67. The highest BCUT2D eigenvalue weighted by atomic mass is 16.5. The van der Waals surface area contributed by atoms with E-state index in [1.54, 1.807) is 7.11 Å². The van der Waals surface area contributed by atoms with Crippen LogP contribution in [0.5, 0.6) is 5.75 Å². The zero-order valence-corrected chi connectivity index (χ0v) is 17.5. The van der Waals surface area contributed by atoms with Crippen LogP contribution in [0.3, 0.4) is 0 Å². The SMILES string of the molecule is COc1ccc(-c2cc(N3CCCN(C(=O)C(C)c4ccccc4)CC3)n[nH]2)cc1. The van der Waals surface area contributed by atoms with E-state index in [9.17, 15) is 4.79 Å². The lowest BCUT2D eigenvalue weighted by molar-refractivity contribution is -0.132. The number of hydrogen-bond donors (Lipinski definition) is 1. The zero-order chi connectivity index (χ0) is 20.9. The summed E-state index contributed by atoms with van der Waals surface area (Å²) in [6, 6.07) is 20.0. The van der Waals surface area contributed by atoms with E-state index in [1.165, 1.54) is 0 Å². The van der Waals surface area contributed by atoms with Crippen molar-refractivity contribution in [1.82, 2.24) is 15.1 Å². The van der Waals surface area contributed by atoms with Gasteiger partial charge in [0.25, 0.3) is 0 Å². The van der Waals surface area contributed by atoms with E-state index < -0.39 is 0 Å². The highest BCUT2D eigenvalue weighted by molar-refractivity contribution is 5.83. The molecule has 6 nitrogen and oxygen atoms in total. The molecule has 1 saturated heterocycles. The third-order valence-electron chi connectivity index (χ3n) is 5.77. The number of anilines is 1. The van der Waals surface area contributed by atoms with E-state index in [4.69, 9.17) is 4.74 Å². The Bertz CT molecular complexity index is 968. The van der Waals surface area contributed by atoms with E-state index in [0.717, 1.165) is 54.4 Å². The standard InChI is InChI=1S/C24H28N4O2/c1-18(19-7-4-3-5-8-19)24(29)28-14-6-13-27(15-16-28)23-17-22(25-26-23)20-9-11-21(30-2)12-10-20/h3-5,7-12,17-18H,6,13-16H2,1-2H3,(H,25,26). The van der Waals surface area contributed by atoms with Gasteiger partial charge in [0.2, 0.25) is 5.91 Å². The van der Waals surface area contributed by atoms with Crippen molar-refractivity contribution in [2.75, 3.05) is 38.2 Å². The first-order valence-electron chi connectivity index (χ1n) is 10.4. The maximum Gasteiger partial charge on any atom is 0.229 e. The van der Waals surface area contributed by atoms with Crippen molar-refractivity contribution >= 4 is 11.7 Å². The molecule has 4 rings (SSSR count). The molecule has 3 aromatic rings. The lowest BCUT2D eigenvalue weighted by atomic mass is 10.00. The van der Waals surface area contributed by atoms with Crippen LogP contribution in [0.4, 0.5) is 5.82 Å². The number of H-pyrrole nitrogens is 1. The number of nitrogens with one attached hydrogen (secondary N) is 1. The number of methoxy groups -OCH3 is 1. The molecule has 0 bridgehead atoms. The van der Waals surface area contributed by atoms with Gasteiger partial charge in [-0.3, -0.25) is 9.89 Å². The topological polar surface area (TPSA) is 61.5 Å². The fourth-order valence-corrected chi connectivity index (χ4v) is 3.92. The summed E-state index contributed by atoms with van der Waals surface area (Å²) in [6.45, 7) is 5.15. The first kappa shape index (κ1) is 20.0. The molecular formula is C24H28N4O2. The fraction of sp³-hybridized carbons (Fsp3) is 0.333. The second-order valence-electron chi connectivity index (χ2n) is 7.67. The van der Waals surface area contributed by atoms with E-state index >= 15 is 0 Å². The second kappa shape index (κ2) is 9.03. The lowest BCUT2D eigenvalue weighted by Crippen LogP contribution is -2.37. The number of nitrogens with zero attached hydrogens (tertiary/aromatic N) is 3. The summed E-state index contributed by atoms with van der Waals surface area (Å²) in [6.07, 6.45) is 0.929. The third kappa shape index (κ3) is 4.32. The van der Waals surface area contributed by atoms with Gasteiger partial charge in [-0.05, 0) is 48.7 Å². The molecule has 0 radical (unpaired) electrons. The summed E-state index contributed by atoms with van der Waals surface area (Å²) in [4.78, 5) is 17.3. The Hall–Kier alpha value is -3.28. The molecule has 1 aliphatic heterocycles. The molecule has 0 spiro atoms. The average Bonchev–Trinajstić information content (AvgIpc) is 3.17. The largest absolute Gasteiger partial charge is 0.497 e. The molecule has 1 atom stereocenters. The average molecular weight is 405 g/mol. The Morgan fingerprint density at radius 2 is 1.80 bits per heavy atom. The number of hydrogen-bond acceptors (Lipinski definition) is 4. The molecule has 30 heavy (non-hydrogen) atoms. The molecule has 1 unspecified atom stereocenters. The van der Waals surface area contributed by atoms with Crippen molar-refractivity contribution in [1.29, 1.82) is 0 Å². The minimum Gasteiger partial charge on any atom is -0.497 e. The fourth-order valence-electron chi connectivity index (χ4n) is 3.92. The van der Waals surface area contributed by atoms with Gasteiger partial charge in [0.05, 0.1) is 18.7 Å². The number of carbonyl (C=O) groups excluding carboxylic acids is 1. The number of rotatable bonds is 5. The Labute approximate surface area is 177 Å². The molecule has 0 aliphatic carbocycles. The third-order valence-corrected chi connectivity index (χ3v) is 5.77. The quantitative estimate of drug-likeness (QED) is 0.700. The molecule has 2 heterocycles. The van der Waals surface area contributed by atoms with Gasteiger partial charge < -0.3 is 14.5 Å². The molecule has 2 aromatic carbocycles. The Morgan fingerprint density at radius 3 is 2.53 bits per heavy atom. The number of aromatic nitrogens is 2. The van der Waals surface area contributed by atoms with Crippen LogP contribution in [-0.2, 0) is 4.79 Å². The lowest BCUT2D eigenvalue weighted by Gasteiger charge is -2.25. The van der Waals surface area contributed by atoms with Crippen LogP contribution in [0.2, 0.25) is 0 Å². The van der Waals surface area contributed by atoms with Gasteiger partial charge >= 0.3 is 0 Å². The van der Waals surface area contributed by atoms with Crippen LogP contribution in [0.1, 0.15) is 24.8 Å². The van der Waals surface area contributed by atoms with E-state index in [-0.39, 0.29) is 11.8 Å². The van der Waals surface area contributed by atoms with Crippen molar-refractivity contribution < 1.29 is 9.53 Å². The van der Waals surface area contributed by atoms with Crippen LogP contribution in [0.25, 0.3) is 11.3 Å². The van der Waals surface area contributed by atoms with Gasteiger partial charge in [0.1, 0.15) is 5.75 Å². The Kier molecular flexibility index (Phi) is 6.02. The number of benzene rings is 2. The minimum absolute atomic E-state index is 0.121. The van der Waals surface area contributed by atoms with Crippen LogP contribution >= 0.6 is 0 Å². The first-order chi connectivity index (χ1) is 14.7. The molecule has 1 aliphatic rings. The summed E-state index contributed by atoms with van der Waals surface area (Å²) in [5, 5.41) is 7.66. The van der Waals surface area contributed by atoms with Gasteiger partial charge in [-0.2, -0.15) is 5.10 Å².